The Hall–Kier alpha value is -1.77. The van der Waals surface area contributed by atoms with Gasteiger partial charge in [-0.25, -0.2) is 0 Å². The molecule has 3 aromatic rings. The second-order valence-corrected chi connectivity index (χ2v) is 9.31. The molecular weight excluding hydrogens is 468 g/mol. The lowest BCUT2D eigenvalue weighted by Gasteiger charge is -2.08. The first-order chi connectivity index (χ1) is 14.0. The largest absolute Gasteiger partial charge is 0.325 e. The first kappa shape index (κ1) is 21.9. The highest BCUT2D eigenvalue weighted by Gasteiger charge is 2.13. The number of thioether (sulfide) groups is 2. The number of halogens is 1. The van der Waals surface area contributed by atoms with Crippen LogP contribution >= 0.6 is 39.5 Å². The van der Waals surface area contributed by atoms with Crippen molar-refractivity contribution < 1.29 is 4.79 Å². The lowest BCUT2D eigenvalue weighted by molar-refractivity contribution is -0.113. The molecule has 0 fully saturated rings. The molecule has 2 aromatic carbocycles. The van der Waals surface area contributed by atoms with Gasteiger partial charge in [0, 0.05) is 22.5 Å². The Kier molecular flexibility index (Phi) is 8.20. The van der Waals surface area contributed by atoms with Crippen molar-refractivity contribution in [3.63, 3.8) is 0 Å². The van der Waals surface area contributed by atoms with Gasteiger partial charge in [-0.1, -0.05) is 57.5 Å². The van der Waals surface area contributed by atoms with Crippen molar-refractivity contribution in [1.29, 1.82) is 0 Å². The molecule has 0 aliphatic carbocycles. The Labute approximate surface area is 188 Å². The number of amides is 1. The normalized spacial score (nSPS) is 10.9. The van der Waals surface area contributed by atoms with E-state index in [2.05, 4.69) is 74.1 Å². The van der Waals surface area contributed by atoms with Crippen molar-refractivity contribution in [3.05, 3.63) is 70.0 Å². The molecule has 29 heavy (non-hydrogen) atoms. The highest BCUT2D eigenvalue weighted by Crippen LogP contribution is 2.22. The zero-order valence-corrected chi connectivity index (χ0v) is 19.6. The average Bonchev–Trinajstić information content (AvgIpc) is 3.11. The topological polar surface area (TPSA) is 59.8 Å². The number of hydrogen-bond donors (Lipinski definition) is 1. The van der Waals surface area contributed by atoms with Crippen molar-refractivity contribution in [1.82, 2.24) is 14.8 Å². The van der Waals surface area contributed by atoms with Crippen LogP contribution in [-0.4, -0.2) is 26.4 Å². The van der Waals surface area contributed by atoms with Gasteiger partial charge in [-0.15, -0.1) is 22.0 Å². The van der Waals surface area contributed by atoms with E-state index in [9.17, 15) is 4.79 Å². The monoisotopic (exact) mass is 490 g/mol. The van der Waals surface area contributed by atoms with E-state index >= 15 is 0 Å². The molecule has 0 saturated carbocycles. The molecule has 1 heterocycles. The zero-order valence-electron chi connectivity index (χ0n) is 16.4. The second kappa shape index (κ2) is 10.8. The number of nitrogens with zero attached hydrogens (tertiary/aromatic N) is 3. The number of hydrogen-bond acceptors (Lipinski definition) is 5. The van der Waals surface area contributed by atoms with E-state index in [1.54, 1.807) is 0 Å². The Morgan fingerprint density at radius 3 is 2.48 bits per heavy atom. The highest BCUT2D eigenvalue weighted by molar-refractivity contribution is 9.10. The van der Waals surface area contributed by atoms with E-state index in [1.165, 1.54) is 22.9 Å². The molecule has 1 amide bonds. The molecular formula is C21H23BrN4OS2. The summed E-state index contributed by atoms with van der Waals surface area (Å²) in [5, 5.41) is 12.3. The molecule has 8 heteroatoms. The van der Waals surface area contributed by atoms with Crippen LogP contribution in [0.2, 0.25) is 0 Å². The molecule has 0 unspecified atom stereocenters. The predicted octanol–water partition coefficient (Wildman–Crippen LogP) is 5.53. The van der Waals surface area contributed by atoms with Crippen molar-refractivity contribution in [2.24, 2.45) is 0 Å². The van der Waals surface area contributed by atoms with Crippen LogP contribution in [0.4, 0.5) is 5.69 Å². The number of carbonyl (C=O) groups excluding carboxylic acids is 1. The van der Waals surface area contributed by atoms with Crippen LogP contribution in [0.25, 0.3) is 0 Å². The molecule has 0 spiro atoms. The number of anilines is 1. The zero-order chi connectivity index (χ0) is 20.6. The molecule has 0 aliphatic heterocycles. The molecule has 152 valence electrons. The molecule has 0 atom stereocenters. The summed E-state index contributed by atoms with van der Waals surface area (Å²) in [4.78, 5) is 12.2. The Morgan fingerprint density at radius 2 is 1.79 bits per heavy atom. The fourth-order valence-electron chi connectivity index (χ4n) is 2.66. The third-order valence-corrected chi connectivity index (χ3v) is 6.69. The highest BCUT2D eigenvalue weighted by atomic mass is 79.9. The maximum Gasteiger partial charge on any atom is 0.234 e. The van der Waals surface area contributed by atoms with E-state index in [4.69, 9.17) is 0 Å². The maximum atomic E-state index is 12.2. The third kappa shape index (κ3) is 6.62. The Bertz CT molecular complexity index is 942. The van der Waals surface area contributed by atoms with Gasteiger partial charge >= 0.3 is 0 Å². The van der Waals surface area contributed by atoms with Crippen molar-refractivity contribution in [2.75, 3.05) is 11.1 Å². The van der Waals surface area contributed by atoms with Crippen LogP contribution in [-0.2, 0) is 22.8 Å². The lowest BCUT2D eigenvalue weighted by Crippen LogP contribution is -2.14. The summed E-state index contributed by atoms with van der Waals surface area (Å²) in [6.07, 6.45) is 0. The van der Waals surface area contributed by atoms with Crippen LogP contribution in [0, 0.1) is 6.92 Å². The minimum absolute atomic E-state index is 0.0572. The summed E-state index contributed by atoms with van der Waals surface area (Å²) < 4.78 is 3.06. The quantitative estimate of drug-likeness (QED) is 0.399. The minimum Gasteiger partial charge on any atom is -0.325 e. The van der Waals surface area contributed by atoms with Gasteiger partial charge < -0.3 is 9.88 Å². The van der Waals surface area contributed by atoms with Crippen LogP contribution < -0.4 is 5.32 Å². The third-order valence-electron chi connectivity index (χ3n) is 4.19. The van der Waals surface area contributed by atoms with Gasteiger partial charge in [0.25, 0.3) is 0 Å². The first-order valence-corrected chi connectivity index (χ1v) is 12.2. The molecule has 1 aromatic heterocycles. The Morgan fingerprint density at radius 1 is 1.07 bits per heavy atom. The second-order valence-electron chi connectivity index (χ2n) is 6.47. The van der Waals surface area contributed by atoms with Gasteiger partial charge in [0.1, 0.15) is 5.82 Å². The average molecular weight is 491 g/mol. The maximum absolute atomic E-state index is 12.2. The van der Waals surface area contributed by atoms with Gasteiger partial charge in [-0.2, -0.15) is 0 Å². The van der Waals surface area contributed by atoms with E-state index in [0.29, 0.717) is 5.75 Å². The van der Waals surface area contributed by atoms with Gasteiger partial charge in [0.05, 0.1) is 11.5 Å². The minimum atomic E-state index is -0.0572. The summed E-state index contributed by atoms with van der Waals surface area (Å²) in [6.45, 7) is 4.95. The standard InChI is InChI=1S/C21H23BrN4OS2/c1-3-26-19(13-28-12-16-6-4-15(2)5-7-16)24-25-21(26)29-14-20(27)23-18-10-8-17(22)9-11-18/h4-11H,3,12-14H2,1-2H3,(H,23,27). The fraction of sp³-hybridized carbons (Fsp3) is 0.286. The van der Waals surface area contributed by atoms with E-state index in [0.717, 1.165) is 39.2 Å². The molecule has 0 aliphatic rings. The number of rotatable bonds is 9. The number of benzene rings is 2. The van der Waals surface area contributed by atoms with Gasteiger partial charge in [0.15, 0.2) is 5.16 Å². The van der Waals surface area contributed by atoms with Gasteiger partial charge in [-0.3, -0.25) is 4.79 Å². The van der Waals surface area contributed by atoms with Crippen LogP contribution in [0.15, 0.2) is 58.2 Å². The number of aryl methyl sites for hydroxylation is 1. The summed E-state index contributed by atoms with van der Waals surface area (Å²) >= 11 is 6.62. The summed E-state index contributed by atoms with van der Waals surface area (Å²) in [7, 11) is 0. The molecule has 3 rings (SSSR count). The van der Waals surface area contributed by atoms with Crippen molar-refractivity contribution in [3.8, 4) is 0 Å². The molecule has 0 bridgehead atoms. The van der Waals surface area contributed by atoms with Gasteiger partial charge in [-0.05, 0) is 43.7 Å². The summed E-state index contributed by atoms with van der Waals surface area (Å²) in [5.41, 5.74) is 3.36. The number of carbonyl (C=O) groups is 1. The van der Waals surface area contributed by atoms with Crippen molar-refractivity contribution in [2.45, 2.75) is 37.1 Å². The van der Waals surface area contributed by atoms with E-state index in [-0.39, 0.29) is 5.91 Å². The lowest BCUT2D eigenvalue weighted by atomic mass is 10.2. The molecule has 0 radical (unpaired) electrons. The molecule has 1 N–H and O–H groups in total. The van der Waals surface area contributed by atoms with Crippen molar-refractivity contribution >= 4 is 51.0 Å². The smallest absolute Gasteiger partial charge is 0.234 e. The van der Waals surface area contributed by atoms with Crippen LogP contribution in [0.1, 0.15) is 23.9 Å². The molecule has 5 nitrogen and oxygen atoms in total. The predicted molar refractivity (Wildman–Crippen MR) is 125 cm³/mol. The first-order valence-electron chi connectivity index (χ1n) is 9.28. The van der Waals surface area contributed by atoms with Crippen LogP contribution in [0.3, 0.4) is 0 Å². The summed E-state index contributed by atoms with van der Waals surface area (Å²) in [5.74, 6) is 2.92. The SMILES string of the molecule is CCn1c(CSCc2ccc(C)cc2)nnc1SCC(=O)Nc1ccc(Br)cc1. The van der Waals surface area contributed by atoms with E-state index in [1.807, 2.05) is 36.0 Å². The van der Waals surface area contributed by atoms with E-state index < -0.39 is 0 Å². The van der Waals surface area contributed by atoms with Crippen LogP contribution in [0.5, 0.6) is 0 Å². The number of nitrogens with one attached hydrogen (secondary N) is 1. The summed E-state index contributed by atoms with van der Waals surface area (Å²) in [6, 6.07) is 16.1. The number of aromatic nitrogens is 3. The van der Waals surface area contributed by atoms with Gasteiger partial charge in [0.2, 0.25) is 5.91 Å². The Balaban J connectivity index is 1.51. The molecule has 0 saturated heterocycles. The fourth-order valence-corrected chi connectivity index (χ4v) is 4.67.